The number of nitrogen functional groups attached to an aromatic ring is 1. The Morgan fingerprint density at radius 3 is 2.86 bits per heavy atom. The lowest BCUT2D eigenvalue weighted by Gasteiger charge is -2.36. The summed E-state index contributed by atoms with van der Waals surface area (Å²) in [5.41, 5.74) is 6.72. The van der Waals surface area contributed by atoms with Gasteiger partial charge in [-0.3, -0.25) is 0 Å². The number of para-hydroxylation sites is 1. The van der Waals surface area contributed by atoms with Crippen molar-refractivity contribution in [3.63, 3.8) is 0 Å². The molecule has 2 aliphatic rings. The Bertz CT molecular complexity index is 635. The number of ether oxygens (including phenoxy) is 2. The van der Waals surface area contributed by atoms with Gasteiger partial charge in [-0.2, -0.15) is 0 Å². The highest BCUT2D eigenvalue weighted by Gasteiger charge is 2.45. The van der Waals surface area contributed by atoms with Crippen molar-refractivity contribution < 1.29 is 17.9 Å². The fraction of sp³-hybridized carbons (Fsp3) is 0.600. The second kappa shape index (κ2) is 5.26. The highest BCUT2D eigenvalue weighted by molar-refractivity contribution is 7.92. The van der Waals surface area contributed by atoms with Gasteiger partial charge >= 0.3 is 0 Å². The van der Waals surface area contributed by atoms with E-state index in [1.165, 1.54) is 0 Å². The second-order valence-electron chi connectivity index (χ2n) is 5.98. The standard InChI is InChI=1S/C15H21NO4S/c1-11-3-2-4-13(14(11)16)21(17,18)12-5-7-20-15(9-12)6-8-19-10-15/h2-4,12H,5-10,16H2,1H3. The Balaban J connectivity index is 1.93. The zero-order valence-electron chi connectivity index (χ0n) is 12.2. The van der Waals surface area contributed by atoms with Crippen LogP contribution in [0.1, 0.15) is 24.8 Å². The minimum atomic E-state index is -3.44. The molecular formula is C15H21NO4S. The third-order valence-corrected chi connectivity index (χ3v) is 6.79. The van der Waals surface area contributed by atoms with Crippen molar-refractivity contribution in [2.24, 2.45) is 0 Å². The van der Waals surface area contributed by atoms with E-state index in [1.54, 1.807) is 12.1 Å². The van der Waals surface area contributed by atoms with Gasteiger partial charge in [0.1, 0.15) is 0 Å². The van der Waals surface area contributed by atoms with Gasteiger partial charge in [-0.15, -0.1) is 0 Å². The van der Waals surface area contributed by atoms with Crippen molar-refractivity contribution in [2.45, 2.75) is 41.9 Å². The highest BCUT2D eigenvalue weighted by atomic mass is 32.2. The number of sulfone groups is 1. The number of anilines is 1. The molecule has 2 atom stereocenters. The molecule has 2 saturated heterocycles. The molecule has 2 unspecified atom stereocenters. The highest BCUT2D eigenvalue weighted by Crippen LogP contribution is 2.38. The van der Waals surface area contributed by atoms with E-state index >= 15 is 0 Å². The van der Waals surface area contributed by atoms with E-state index in [1.807, 2.05) is 13.0 Å². The largest absolute Gasteiger partial charge is 0.397 e. The number of benzene rings is 1. The van der Waals surface area contributed by atoms with E-state index in [0.29, 0.717) is 38.3 Å². The first-order valence-electron chi connectivity index (χ1n) is 7.25. The van der Waals surface area contributed by atoms with E-state index < -0.39 is 20.7 Å². The summed E-state index contributed by atoms with van der Waals surface area (Å²) in [6, 6.07) is 5.17. The van der Waals surface area contributed by atoms with Gasteiger partial charge in [-0.1, -0.05) is 12.1 Å². The summed E-state index contributed by atoms with van der Waals surface area (Å²) in [4.78, 5) is 0.253. The van der Waals surface area contributed by atoms with Crippen LogP contribution in [0.5, 0.6) is 0 Å². The topological polar surface area (TPSA) is 78.6 Å². The maximum atomic E-state index is 12.9. The molecule has 0 amide bonds. The minimum Gasteiger partial charge on any atom is -0.397 e. The zero-order chi connectivity index (χ0) is 15.1. The SMILES string of the molecule is Cc1cccc(S(=O)(=O)C2CCOC3(CCOC3)C2)c1N. The van der Waals surface area contributed by atoms with Crippen LogP contribution in [0.2, 0.25) is 0 Å². The molecule has 0 radical (unpaired) electrons. The van der Waals surface area contributed by atoms with E-state index in [4.69, 9.17) is 15.2 Å². The van der Waals surface area contributed by atoms with Gasteiger partial charge in [0.25, 0.3) is 0 Å². The first-order chi connectivity index (χ1) is 9.95. The van der Waals surface area contributed by atoms with Crippen molar-refractivity contribution in [1.29, 1.82) is 0 Å². The van der Waals surface area contributed by atoms with Crippen LogP contribution in [0.3, 0.4) is 0 Å². The predicted molar refractivity (Wildman–Crippen MR) is 79.9 cm³/mol. The summed E-state index contributed by atoms with van der Waals surface area (Å²) in [6.07, 6.45) is 1.77. The Kier molecular flexibility index (Phi) is 3.71. The molecular weight excluding hydrogens is 290 g/mol. The molecule has 1 spiro atoms. The summed E-state index contributed by atoms with van der Waals surface area (Å²) in [5, 5.41) is -0.447. The number of aryl methyl sites for hydroxylation is 1. The third kappa shape index (κ3) is 2.56. The molecule has 2 N–H and O–H groups in total. The first-order valence-corrected chi connectivity index (χ1v) is 8.80. The van der Waals surface area contributed by atoms with Crippen LogP contribution in [0.4, 0.5) is 5.69 Å². The van der Waals surface area contributed by atoms with Crippen molar-refractivity contribution in [3.8, 4) is 0 Å². The van der Waals surface area contributed by atoms with Crippen molar-refractivity contribution in [1.82, 2.24) is 0 Å². The molecule has 2 heterocycles. The van der Waals surface area contributed by atoms with Gasteiger partial charge in [0.15, 0.2) is 9.84 Å². The summed E-state index contributed by atoms with van der Waals surface area (Å²) >= 11 is 0. The van der Waals surface area contributed by atoms with Gasteiger partial charge in [0.2, 0.25) is 0 Å². The maximum Gasteiger partial charge on any atom is 0.183 e. The lowest BCUT2D eigenvalue weighted by Crippen LogP contribution is -2.45. The van der Waals surface area contributed by atoms with E-state index in [2.05, 4.69) is 0 Å². The quantitative estimate of drug-likeness (QED) is 0.841. The third-order valence-electron chi connectivity index (χ3n) is 4.54. The van der Waals surface area contributed by atoms with Crippen LogP contribution >= 0.6 is 0 Å². The summed E-state index contributed by atoms with van der Waals surface area (Å²) < 4.78 is 37.1. The molecule has 0 aliphatic carbocycles. The van der Waals surface area contributed by atoms with Gasteiger partial charge < -0.3 is 15.2 Å². The van der Waals surface area contributed by atoms with Gasteiger partial charge in [-0.05, 0) is 31.4 Å². The van der Waals surface area contributed by atoms with Crippen LogP contribution < -0.4 is 5.73 Å². The summed E-state index contributed by atoms with van der Waals surface area (Å²) in [5.74, 6) is 0. The molecule has 0 bridgehead atoms. The van der Waals surface area contributed by atoms with E-state index in [-0.39, 0.29) is 4.90 Å². The molecule has 2 aliphatic heterocycles. The number of hydrogen-bond acceptors (Lipinski definition) is 5. The van der Waals surface area contributed by atoms with Crippen LogP contribution in [0, 0.1) is 6.92 Å². The molecule has 6 heteroatoms. The first kappa shape index (κ1) is 14.8. The molecule has 1 aromatic carbocycles. The molecule has 0 saturated carbocycles. The van der Waals surface area contributed by atoms with Gasteiger partial charge in [0.05, 0.1) is 28.0 Å². The van der Waals surface area contributed by atoms with Crippen LogP contribution in [0.25, 0.3) is 0 Å². The Morgan fingerprint density at radius 2 is 2.14 bits per heavy atom. The van der Waals surface area contributed by atoms with Crippen LogP contribution in [0.15, 0.2) is 23.1 Å². The predicted octanol–water partition coefficient (Wildman–Crippen LogP) is 1.69. The smallest absolute Gasteiger partial charge is 0.183 e. The van der Waals surface area contributed by atoms with Crippen molar-refractivity contribution in [2.75, 3.05) is 25.6 Å². The Labute approximate surface area is 125 Å². The Morgan fingerprint density at radius 1 is 1.33 bits per heavy atom. The Hall–Kier alpha value is -1.11. The van der Waals surface area contributed by atoms with Crippen molar-refractivity contribution >= 4 is 15.5 Å². The molecule has 116 valence electrons. The minimum absolute atomic E-state index is 0.253. The van der Waals surface area contributed by atoms with Gasteiger partial charge in [-0.25, -0.2) is 8.42 Å². The lowest BCUT2D eigenvalue weighted by atomic mass is 9.93. The van der Waals surface area contributed by atoms with E-state index in [9.17, 15) is 8.42 Å². The molecule has 2 fully saturated rings. The van der Waals surface area contributed by atoms with Crippen LogP contribution in [-0.2, 0) is 19.3 Å². The fourth-order valence-corrected chi connectivity index (χ4v) is 5.22. The second-order valence-corrected chi connectivity index (χ2v) is 8.18. The average molecular weight is 311 g/mol. The average Bonchev–Trinajstić information content (AvgIpc) is 2.89. The molecule has 3 rings (SSSR count). The molecule has 1 aromatic rings. The summed E-state index contributed by atoms with van der Waals surface area (Å²) in [7, 11) is -3.44. The monoisotopic (exact) mass is 311 g/mol. The zero-order valence-corrected chi connectivity index (χ0v) is 13.0. The van der Waals surface area contributed by atoms with Crippen LogP contribution in [-0.4, -0.2) is 39.1 Å². The number of nitrogens with two attached hydrogens (primary N) is 1. The maximum absolute atomic E-state index is 12.9. The van der Waals surface area contributed by atoms with E-state index in [0.717, 1.165) is 12.0 Å². The van der Waals surface area contributed by atoms with Gasteiger partial charge in [0, 0.05) is 19.6 Å². The number of hydrogen-bond donors (Lipinski definition) is 1. The fourth-order valence-electron chi connectivity index (χ4n) is 3.19. The number of rotatable bonds is 2. The molecule has 21 heavy (non-hydrogen) atoms. The van der Waals surface area contributed by atoms with Crippen molar-refractivity contribution in [3.05, 3.63) is 23.8 Å². The molecule has 5 nitrogen and oxygen atoms in total. The molecule has 0 aromatic heterocycles. The normalized spacial score (nSPS) is 29.9. The lowest BCUT2D eigenvalue weighted by molar-refractivity contribution is -0.0778. The summed E-state index contributed by atoms with van der Waals surface area (Å²) in [6.45, 7) is 3.41.